The first-order valence-electron chi connectivity index (χ1n) is 12.8. The summed E-state index contributed by atoms with van der Waals surface area (Å²) in [5, 5.41) is 3.08. The Kier molecular flexibility index (Phi) is 11.4. The molecule has 3 aromatic rings. The van der Waals surface area contributed by atoms with Gasteiger partial charge in [-0.2, -0.15) is 0 Å². The first kappa shape index (κ1) is 32.8. The van der Waals surface area contributed by atoms with Gasteiger partial charge in [0.15, 0.2) is 35.0 Å². The number of ketones is 1. The van der Waals surface area contributed by atoms with Crippen LogP contribution in [0.2, 0.25) is 0 Å². The normalized spacial score (nSPS) is 16.6. The maximum absolute atomic E-state index is 13.6. The van der Waals surface area contributed by atoms with Crippen LogP contribution in [-0.2, 0) is 15.2 Å². The molecular formula is C30H32N2O10S. The average Bonchev–Trinajstić information content (AvgIpc) is 2.98. The highest BCUT2D eigenvalue weighted by molar-refractivity contribution is 7.79. The molecule has 0 radical (unpaired) electrons. The van der Waals surface area contributed by atoms with Crippen LogP contribution in [0.3, 0.4) is 0 Å². The van der Waals surface area contributed by atoms with Gasteiger partial charge in [-0.25, -0.2) is 13.4 Å². The molecule has 1 saturated carbocycles. The molecule has 0 bridgehead atoms. The lowest BCUT2D eigenvalue weighted by Crippen LogP contribution is -2.41. The Morgan fingerprint density at radius 2 is 1.33 bits per heavy atom. The summed E-state index contributed by atoms with van der Waals surface area (Å²) in [4.78, 5) is 29.5. The summed E-state index contributed by atoms with van der Waals surface area (Å²) in [5.74, 6) is 2.02. The van der Waals surface area contributed by atoms with Gasteiger partial charge in [0.1, 0.15) is 0 Å². The maximum Gasteiger partial charge on any atom is 0.316 e. The van der Waals surface area contributed by atoms with Crippen LogP contribution in [0.15, 0.2) is 71.9 Å². The van der Waals surface area contributed by atoms with Crippen molar-refractivity contribution >= 4 is 34.2 Å². The molecular weight excluding hydrogens is 580 g/mol. The molecule has 3 N–H and O–H groups in total. The zero-order chi connectivity index (χ0) is 31.6. The number of amides is 1. The SMILES string of the molecule is COc1ccc(/C=C2\CC(NC(=O)c3cccc[nH+]3)C/C(=C\c3ccc(OC)c(OC)c3)C2=O)cc1OC.O=S(=O)([O-])O. The molecule has 0 unspecified atom stereocenters. The first-order chi connectivity index (χ1) is 20.4. The van der Waals surface area contributed by atoms with E-state index in [4.69, 9.17) is 36.5 Å². The van der Waals surface area contributed by atoms with Gasteiger partial charge in [-0.1, -0.05) is 12.1 Å². The third kappa shape index (κ3) is 9.67. The van der Waals surface area contributed by atoms with Crippen molar-refractivity contribution in [2.24, 2.45) is 0 Å². The largest absolute Gasteiger partial charge is 0.726 e. The molecule has 43 heavy (non-hydrogen) atoms. The summed E-state index contributed by atoms with van der Waals surface area (Å²) in [6.07, 6.45) is 6.13. The van der Waals surface area contributed by atoms with Gasteiger partial charge in [-0.3, -0.25) is 14.1 Å². The summed E-state index contributed by atoms with van der Waals surface area (Å²) in [6.45, 7) is 0. The van der Waals surface area contributed by atoms with Gasteiger partial charge in [-0.15, -0.1) is 0 Å². The van der Waals surface area contributed by atoms with Gasteiger partial charge in [0.25, 0.3) is 5.69 Å². The number of carbonyl (C=O) groups excluding carboxylic acids is 2. The lowest BCUT2D eigenvalue weighted by Gasteiger charge is -2.26. The molecule has 0 atom stereocenters. The number of nitrogens with one attached hydrogen (secondary N) is 2. The number of aromatic nitrogens is 1. The number of pyridine rings is 1. The topological polar surface area (TPSA) is 175 Å². The number of ether oxygens (including phenoxy) is 4. The fraction of sp³-hybridized carbons (Fsp3) is 0.233. The highest BCUT2D eigenvalue weighted by Gasteiger charge is 2.30. The van der Waals surface area contributed by atoms with E-state index in [1.807, 2.05) is 42.5 Å². The van der Waals surface area contributed by atoms with E-state index in [1.165, 1.54) is 0 Å². The van der Waals surface area contributed by atoms with Gasteiger partial charge in [0.05, 0.1) is 28.4 Å². The van der Waals surface area contributed by atoms with Crippen molar-refractivity contribution in [3.8, 4) is 23.0 Å². The fourth-order valence-electron chi connectivity index (χ4n) is 4.43. The van der Waals surface area contributed by atoms with Crippen molar-refractivity contribution in [1.82, 2.24) is 5.32 Å². The molecule has 13 heteroatoms. The average molecular weight is 613 g/mol. The van der Waals surface area contributed by atoms with E-state index in [2.05, 4.69) is 10.3 Å². The summed E-state index contributed by atoms with van der Waals surface area (Å²) in [5.41, 5.74) is 3.19. The van der Waals surface area contributed by atoms with E-state index >= 15 is 0 Å². The number of hydrogen-bond donors (Lipinski definition) is 2. The summed E-state index contributed by atoms with van der Waals surface area (Å²) in [6, 6.07) is 16.0. The number of H-pyrrole nitrogens is 1. The Bertz CT molecular complexity index is 1530. The van der Waals surface area contributed by atoms with E-state index in [1.54, 1.807) is 58.9 Å². The molecule has 0 spiro atoms. The quantitative estimate of drug-likeness (QED) is 0.218. The molecule has 228 valence electrons. The van der Waals surface area contributed by atoms with Crippen LogP contribution in [0.25, 0.3) is 12.2 Å². The van der Waals surface area contributed by atoms with Gasteiger partial charge < -0.3 is 28.8 Å². The molecule has 1 heterocycles. The van der Waals surface area contributed by atoms with Crippen LogP contribution in [0.1, 0.15) is 34.5 Å². The maximum atomic E-state index is 13.6. The lowest BCUT2D eigenvalue weighted by molar-refractivity contribution is -0.382. The molecule has 1 aliphatic carbocycles. The zero-order valence-electron chi connectivity index (χ0n) is 23.9. The van der Waals surface area contributed by atoms with Crippen LogP contribution < -0.4 is 29.2 Å². The van der Waals surface area contributed by atoms with E-state index in [9.17, 15) is 9.59 Å². The molecule has 0 saturated heterocycles. The number of benzene rings is 2. The van der Waals surface area contributed by atoms with Crippen molar-refractivity contribution < 1.29 is 51.0 Å². The molecule has 1 fully saturated rings. The second kappa shape index (κ2) is 15.0. The van der Waals surface area contributed by atoms with Gasteiger partial charge in [0.2, 0.25) is 10.4 Å². The van der Waals surface area contributed by atoms with E-state index in [0.717, 1.165) is 11.1 Å². The third-order valence-corrected chi connectivity index (χ3v) is 6.30. The molecule has 1 amide bonds. The fourth-order valence-corrected chi connectivity index (χ4v) is 4.43. The van der Waals surface area contributed by atoms with Crippen LogP contribution in [0.4, 0.5) is 0 Å². The molecule has 4 rings (SSSR count). The van der Waals surface area contributed by atoms with Crippen molar-refractivity contribution in [2.45, 2.75) is 18.9 Å². The van der Waals surface area contributed by atoms with Crippen LogP contribution in [0.5, 0.6) is 23.0 Å². The number of carbonyl (C=O) groups is 2. The third-order valence-electron chi connectivity index (χ3n) is 6.30. The van der Waals surface area contributed by atoms with Crippen molar-refractivity contribution in [1.29, 1.82) is 0 Å². The number of Topliss-reactive ketones (excluding diaryl/α,β-unsaturated/α-hetero) is 1. The minimum absolute atomic E-state index is 0.0775. The number of methoxy groups -OCH3 is 4. The smallest absolute Gasteiger partial charge is 0.316 e. The van der Waals surface area contributed by atoms with Crippen LogP contribution >= 0.6 is 0 Å². The molecule has 0 aliphatic heterocycles. The number of hydrogen-bond acceptors (Lipinski definition) is 9. The van der Waals surface area contributed by atoms with Crippen molar-refractivity contribution in [3.63, 3.8) is 0 Å². The van der Waals surface area contributed by atoms with Crippen molar-refractivity contribution in [3.05, 3.63) is 88.8 Å². The highest BCUT2D eigenvalue weighted by atomic mass is 32.3. The Hall–Kier alpha value is -4.72. The second-order valence-corrected chi connectivity index (χ2v) is 10.0. The zero-order valence-corrected chi connectivity index (χ0v) is 24.8. The second-order valence-electron chi connectivity index (χ2n) is 9.18. The predicted molar refractivity (Wildman–Crippen MR) is 156 cm³/mol. The molecule has 1 aromatic heterocycles. The minimum Gasteiger partial charge on any atom is -0.726 e. The Morgan fingerprint density at radius 1 is 0.860 bits per heavy atom. The lowest BCUT2D eigenvalue weighted by atomic mass is 9.83. The predicted octanol–water partition coefficient (Wildman–Crippen LogP) is 3.17. The standard InChI is InChI=1S/C30H30N2O6.H2O4S/c1-35-25-10-8-19(15-27(25)37-3)13-21-17-23(32-30(34)24-7-5-6-12-31-24)18-22(29(21)33)14-20-9-11-26(36-2)28(16-20)38-4;1-5(2,3)4/h5-16,23H,17-18H2,1-4H3,(H,32,34);(H2,1,2,3,4)/b21-13+,22-14+;. The summed E-state index contributed by atoms with van der Waals surface area (Å²) >= 11 is 0. The first-order valence-corrected chi connectivity index (χ1v) is 14.2. The van der Waals surface area contributed by atoms with Crippen molar-refractivity contribution in [2.75, 3.05) is 28.4 Å². The molecule has 2 aromatic carbocycles. The number of rotatable bonds is 8. The summed E-state index contributed by atoms with van der Waals surface area (Å²) < 4.78 is 54.3. The Morgan fingerprint density at radius 3 is 1.72 bits per heavy atom. The van der Waals surface area contributed by atoms with Gasteiger partial charge in [0, 0.05) is 29.3 Å². The van der Waals surface area contributed by atoms with Gasteiger partial charge >= 0.3 is 5.91 Å². The van der Waals surface area contributed by atoms with Crippen LogP contribution in [-0.4, -0.2) is 63.7 Å². The van der Waals surface area contributed by atoms with E-state index in [-0.39, 0.29) is 17.7 Å². The monoisotopic (exact) mass is 612 g/mol. The Labute approximate surface area is 249 Å². The highest BCUT2D eigenvalue weighted by Crippen LogP contribution is 2.33. The van der Waals surface area contributed by atoms with Gasteiger partial charge in [-0.05, 0) is 66.5 Å². The van der Waals surface area contributed by atoms with E-state index in [0.29, 0.717) is 52.7 Å². The summed E-state index contributed by atoms with van der Waals surface area (Å²) in [7, 11) is 1.36. The van der Waals surface area contributed by atoms with Crippen LogP contribution in [0, 0.1) is 0 Å². The minimum atomic E-state index is -4.92. The molecule has 1 aliphatic rings. The Balaban J connectivity index is 0.000000934. The van der Waals surface area contributed by atoms with E-state index < -0.39 is 10.4 Å². The molecule has 12 nitrogen and oxygen atoms in total. The number of aromatic amines is 1.